The van der Waals surface area contributed by atoms with Crippen molar-refractivity contribution in [1.29, 1.82) is 0 Å². The first kappa shape index (κ1) is 19.9. The molecular formula is C17H12FN5O5S. The number of amides is 1. The molecule has 0 aliphatic rings. The third-order valence-electron chi connectivity index (χ3n) is 3.75. The summed E-state index contributed by atoms with van der Waals surface area (Å²) in [6, 6.07) is 6.30. The van der Waals surface area contributed by atoms with Gasteiger partial charge < -0.3 is 9.88 Å². The zero-order valence-electron chi connectivity index (χ0n) is 14.7. The van der Waals surface area contributed by atoms with E-state index in [1.807, 2.05) is 0 Å². The summed E-state index contributed by atoms with van der Waals surface area (Å²) in [5.41, 5.74) is -1.42. The van der Waals surface area contributed by atoms with Crippen LogP contribution in [0, 0.1) is 26.0 Å². The number of hydrogen-bond donors (Lipinski definition) is 1. The molecule has 148 valence electrons. The smallest absolute Gasteiger partial charge is 0.277 e. The number of rotatable bonds is 6. The minimum Gasteiger partial charge on any atom is -0.329 e. The molecule has 1 N–H and O–H groups in total. The highest BCUT2D eigenvalue weighted by Gasteiger charge is 2.21. The van der Waals surface area contributed by atoms with Crippen LogP contribution in [0.25, 0.3) is 0 Å². The normalized spacial score (nSPS) is 10.6. The average molecular weight is 417 g/mol. The number of carbonyl (C=O) groups excluding carboxylic acids is 1. The van der Waals surface area contributed by atoms with Crippen LogP contribution < -0.4 is 5.32 Å². The predicted molar refractivity (Wildman–Crippen MR) is 101 cm³/mol. The summed E-state index contributed by atoms with van der Waals surface area (Å²) in [4.78, 5) is 37.5. The lowest BCUT2D eigenvalue weighted by atomic mass is 10.1. The summed E-state index contributed by atoms with van der Waals surface area (Å²) in [6.07, 6.45) is 3.29. The number of nitro benzene ring substituents is 2. The topological polar surface area (TPSA) is 133 Å². The van der Waals surface area contributed by atoms with Crippen LogP contribution in [-0.2, 0) is 7.05 Å². The van der Waals surface area contributed by atoms with Crippen molar-refractivity contribution in [2.24, 2.45) is 7.05 Å². The molecule has 0 saturated carbocycles. The van der Waals surface area contributed by atoms with E-state index in [9.17, 15) is 29.4 Å². The number of nitro groups is 2. The zero-order chi connectivity index (χ0) is 21.1. The van der Waals surface area contributed by atoms with Gasteiger partial charge in [-0.1, -0.05) is 0 Å². The monoisotopic (exact) mass is 417 g/mol. The Hall–Kier alpha value is -3.80. The van der Waals surface area contributed by atoms with Crippen molar-refractivity contribution >= 4 is 34.7 Å². The quantitative estimate of drug-likeness (QED) is 0.476. The van der Waals surface area contributed by atoms with E-state index in [1.165, 1.54) is 12.1 Å². The van der Waals surface area contributed by atoms with Crippen molar-refractivity contribution in [2.75, 3.05) is 5.32 Å². The fraction of sp³-hybridized carbons (Fsp3) is 0.0588. The minimum atomic E-state index is -0.857. The van der Waals surface area contributed by atoms with Crippen LogP contribution in [0.4, 0.5) is 21.5 Å². The fourth-order valence-electron chi connectivity index (χ4n) is 2.37. The van der Waals surface area contributed by atoms with Crippen molar-refractivity contribution < 1.29 is 19.0 Å². The van der Waals surface area contributed by atoms with Crippen LogP contribution in [-0.4, -0.2) is 25.3 Å². The van der Waals surface area contributed by atoms with Gasteiger partial charge in [-0.3, -0.25) is 25.0 Å². The summed E-state index contributed by atoms with van der Waals surface area (Å²) in [5, 5.41) is 25.0. The third-order valence-corrected chi connectivity index (χ3v) is 4.91. The van der Waals surface area contributed by atoms with Crippen molar-refractivity contribution in [1.82, 2.24) is 9.55 Å². The van der Waals surface area contributed by atoms with E-state index in [0.29, 0.717) is 10.1 Å². The number of nitrogens with one attached hydrogen (secondary N) is 1. The molecule has 3 rings (SSSR count). The largest absolute Gasteiger partial charge is 0.329 e. The maximum absolute atomic E-state index is 13.7. The molecule has 29 heavy (non-hydrogen) atoms. The predicted octanol–water partition coefficient (Wildman–Crippen LogP) is 3.78. The first-order chi connectivity index (χ1) is 13.7. The minimum absolute atomic E-state index is 0.0946. The van der Waals surface area contributed by atoms with Gasteiger partial charge >= 0.3 is 0 Å². The van der Waals surface area contributed by atoms with E-state index in [0.717, 1.165) is 36.0 Å². The zero-order valence-corrected chi connectivity index (χ0v) is 15.6. The molecule has 0 saturated heterocycles. The number of hydrogen-bond acceptors (Lipinski definition) is 7. The molecule has 0 spiro atoms. The van der Waals surface area contributed by atoms with E-state index < -0.39 is 32.9 Å². The molecular weight excluding hydrogens is 405 g/mol. The van der Waals surface area contributed by atoms with E-state index >= 15 is 0 Å². The first-order valence-corrected chi connectivity index (χ1v) is 8.76. The SMILES string of the molecule is Cn1ccnc1Sc1ccc(F)cc1NC(=O)c1cc([N+](=O)[O-])cc([N+](=O)[O-])c1. The van der Waals surface area contributed by atoms with Crippen molar-refractivity contribution in [3.05, 3.63) is 80.4 Å². The van der Waals surface area contributed by atoms with Gasteiger partial charge in [-0.2, -0.15) is 0 Å². The number of benzene rings is 2. The van der Waals surface area contributed by atoms with Gasteiger partial charge in [0.15, 0.2) is 5.16 Å². The van der Waals surface area contributed by atoms with Crippen LogP contribution in [0.5, 0.6) is 0 Å². The molecule has 1 amide bonds. The molecule has 12 heteroatoms. The molecule has 0 atom stereocenters. The summed E-state index contributed by atoms with van der Waals surface area (Å²) in [5.74, 6) is -1.47. The Labute approximate surface area is 166 Å². The lowest BCUT2D eigenvalue weighted by Crippen LogP contribution is -2.13. The molecule has 0 aliphatic carbocycles. The fourth-order valence-corrected chi connectivity index (χ4v) is 3.24. The van der Waals surface area contributed by atoms with Crippen molar-refractivity contribution in [3.63, 3.8) is 0 Å². The van der Waals surface area contributed by atoms with E-state index in [-0.39, 0.29) is 11.3 Å². The van der Waals surface area contributed by atoms with E-state index in [2.05, 4.69) is 10.3 Å². The lowest BCUT2D eigenvalue weighted by Gasteiger charge is -2.11. The number of carbonyl (C=O) groups is 1. The first-order valence-electron chi connectivity index (χ1n) is 7.94. The van der Waals surface area contributed by atoms with E-state index in [1.54, 1.807) is 24.0 Å². The Morgan fingerprint density at radius 2 is 1.79 bits per heavy atom. The molecule has 0 radical (unpaired) electrons. The number of aromatic nitrogens is 2. The highest BCUT2D eigenvalue weighted by atomic mass is 32.2. The Morgan fingerprint density at radius 1 is 1.14 bits per heavy atom. The van der Waals surface area contributed by atoms with Crippen molar-refractivity contribution in [2.45, 2.75) is 10.1 Å². The van der Waals surface area contributed by atoms with Gasteiger partial charge in [0.05, 0.1) is 27.2 Å². The van der Waals surface area contributed by atoms with Crippen LogP contribution in [0.2, 0.25) is 0 Å². The van der Waals surface area contributed by atoms with Crippen LogP contribution in [0.15, 0.2) is 58.8 Å². The number of nitrogens with zero attached hydrogens (tertiary/aromatic N) is 4. The number of imidazole rings is 1. The van der Waals surface area contributed by atoms with Gasteiger partial charge in [0.25, 0.3) is 17.3 Å². The molecule has 1 aromatic heterocycles. The maximum Gasteiger partial charge on any atom is 0.277 e. The number of non-ortho nitro benzene ring substituents is 2. The third kappa shape index (κ3) is 4.55. The average Bonchev–Trinajstić information content (AvgIpc) is 3.08. The van der Waals surface area contributed by atoms with Crippen molar-refractivity contribution in [3.8, 4) is 0 Å². The molecule has 1 heterocycles. The highest BCUT2D eigenvalue weighted by Crippen LogP contribution is 2.33. The maximum atomic E-state index is 13.7. The Morgan fingerprint density at radius 3 is 2.34 bits per heavy atom. The Bertz CT molecular complexity index is 1100. The van der Waals surface area contributed by atoms with Gasteiger partial charge in [0.1, 0.15) is 5.82 Å². The molecule has 0 unspecified atom stereocenters. The molecule has 0 fully saturated rings. The second kappa shape index (κ2) is 8.06. The molecule has 3 aromatic rings. The summed E-state index contributed by atoms with van der Waals surface area (Å²) < 4.78 is 15.5. The highest BCUT2D eigenvalue weighted by molar-refractivity contribution is 7.99. The number of anilines is 1. The Balaban J connectivity index is 1.95. The van der Waals surface area contributed by atoms with Crippen LogP contribution >= 0.6 is 11.8 Å². The van der Waals surface area contributed by atoms with Gasteiger partial charge in [-0.15, -0.1) is 0 Å². The number of aryl methyl sites for hydroxylation is 1. The standard InChI is InChI=1S/C17H12FN5O5S/c1-21-5-4-19-17(21)29-15-3-2-11(18)8-14(15)20-16(24)10-6-12(22(25)26)9-13(7-10)23(27)28/h2-9H,1H3,(H,20,24). The number of halogens is 1. The second-order valence-electron chi connectivity index (χ2n) is 5.77. The van der Waals surface area contributed by atoms with Crippen LogP contribution in [0.3, 0.4) is 0 Å². The lowest BCUT2D eigenvalue weighted by molar-refractivity contribution is -0.394. The molecule has 0 bridgehead atoms. The second-order valence-corrected chi connectivity index (χ2v) is 6.78. The molecule has 0 aliphatic heterocycles. The van der Waals surface area contributed by atoms with Gasteiger partial charge in [-0.05, 0) is 30.0 Å². The summed E-state index contributed by atoms with van der Waals surface area (Å²) in [7, 11) is 1.76. The van der Waals surface area contributed by atoms with Crippen LogP contribution in [0.1, 0.15) is 10.4 Å². The summed E-state index contributed by atoms with van der Waals surface area (Å²) in [6.45, 7) is 0. The van der Waals surface area contributed by atoms with E-state index in [4.69, 9.17) is 0 Å². The van der Waals surface area contributed by atoms with Gasteiger partial charge in [0, 0.05) is 36.5 Å². The van der Waals surface area contributed by atoms with Gasteiger partial charge in [-0.25, -0.2) is 9.37 Å². The van der Waals surface area contributed by atoms with Gasteiger partial charge in [0.2, 0.25) is 0 Å². The Kier molecular flexibility index (Phi) is 5.54. The summed E-state index contributed by atoms with van der Waals surface area (Å²) >= 11 is 1.16. The molecule has 10 nitrogen and oxygen atoms in total. The molecule has 2 aromatic carbocycles.